The van der Waals surface area contributed by atoms with E-state index in [0.717, 1.165) is 84.0 Å². The number of carbonyl (C=O) groups excluding carboxylic acids is 1. The first-order valence-electron chi connectivity index (χ1n) is 15.3. The second-order valence-corrected chi connectivity index (χ2v) is 13.2. The van der Waals surface area contributed by atoms with Gasteiger partial charge in [0.1, 0.15) is 12.4 Å². The number of amides is 1. The van der Waals surface area contributed by atoms with E-state index in [4.69, 9.17) is 15.0 Å². The molecule has 6 rings (SSSR count). The van der Waals surface area contributed by atoms with Gasteiger partial charge in [0.05, 0.1) is 17.7 Å². The summed E-state index contributed by atoms with van der Waals surface area (Å²) in [6, 6.07) is 14.2. The molecule has 1 amide bonds. The molecule has 3 fully saturated rings. The average molecular weight is 599 g/mol. The quantitative estimate of drug-likeness (QED) is 0.339. The molecule has 2 saturated heterocycles. The van der Waals surface area contributed by atoms with Gasteiger partial charge in [-0.25, -0.2) is 4.98 Å². The maximum Gasteiger partial charge on any atom is 0.307 e. The Labute approximate surface area is 256 Å². The molecule has 1 saturated carbocycles. The predicted octanol–water partition coefficient (Wildman–Crippen LogP) is 6.32. The Kier molecular flexibility index (Phi) is 8.40. The molecule has 3 atom stereocenters. The number of thiazole rings is 1. The molecule has 3 heterocycles. The van der Waals surface area contributed by atoms with Crippen molar-refractivity contribution < 1.29 is 19.4 Å². The summed E-state index contributed by atoms with van der Waals surface area (Å²) in [6.45, 7) is 7.16. The molecular formula is C34H38N4O4S. The number of ether oxygens (including phenoxy) is 1. The minimum atomic E-state index is -0.649. The van der Waals surface area contributed by atoms with Crippen LogP contribution in [0.5, 0.6) is 5.75 Å². The first-order valence-corrected chi connectivity index (χ1v) is 16.1. The number of likely N-dealkylation sites (tertiary alicyclic amines) is 1. The number of carboxylic acids is 1. The minimum absolute atomic E-state index is 0.0166. The fourth-order valence-electron chi connectivity index (χ4n) is 7.04. The molecule has 3 aliphatic rings. The largest absolute Gasteiger partial charge is 0.488 e. The number of hydrogen-bond acceptors (Lipinski definition) is 7. The van der Waals surface area contributed by atoms with Gasteiger partial charge in [-0.3, -0.25) is 9.59 Å². The van der Waals surface area contributed by atoms with Crippen LogP contribution in [0.4, 0.5) is 5.13 Å². The lowest BCUT2D eigenvalue weighted by molar-refractivity contribution is -0.148. The smallest absolute Gasteiger partial charge is 0.307 e. The van der Waals surface area contributed by atoms with Gasteiger partial charge in [-0.05, 0) is 86.8 Å². The van der Waals surface area contributed by atoms with Crippen molar-refractivity contribution in [3.05, 3.63) is 64.0 Å². The fraction of sp³-hybridized carbons (Fsp3) is 0.471. The van der Waals surface area contributed by atoms with Crippen molar-refractivity contribution in [3.8, 4) is 23.1 Å². The Morgan fingerprint density at radius 3 is 2.49 bits per heavy atom. The van der Waals surface area contributed by atoms with Gasteiger partial charge in [-0.2, -0.15) is 5.26 Å². The maximum absolute atomic E-state index is 13.1. The number of aryl methyl sites for hydroxylation is 2. The van der Waals surface area contributed by atoms with Crippen LogP contribution in [0.25, 0.3) is 11.3 Å². The van der Waals surface area contributed by atoms with Crippen molar-refractivity contribution >= 4 is 28.3 Å². The van der Waals surface area contributed by atoms with E-state index >= 15 is 0 Å². The molecule has 224 valence electrons. The monoisotopic (exact) mass is 598 g/mol. The highest BCUT2D eigenvalue weighted by Gasteiger charge is 2.44. The van der Waals surface area contributed by atoms with E-state index in [0.29, 0.717) is 25.3 Å². The van der Waals surface area contributed by atoms with E-state index in [1.807, 2.05) is 42.2 Å². The highest BCUT2D eigenvalue weighted by Crippen LogP contribution is 2.43. The topological polar surface area (TPSA) is 107 Å². The highest BCUT2D eigenvalue weighted by atomic mass is 32.1. The molecule has 3 aromatic rings. The molecule has 1 N–H and O–H groups in total. The molecule has 1 aromatic heterocycles. The number of hydrogen-bond donors (Lipinski definition) is 1. The standard InChI is InChI=1S/C34H38N4O4S/c1-21-6-9-30(42-19-27-8-7-24(15-22(27)2)32(39)37-12-10-23(16-35)11-13-37)28(14-21)29-20-43-34(36-29)38-17-25-4-3-5-26(18-38)31(25)33(40)41/h6-9,14-15,20,23,25-26,31H,3-5,10-13,17-19H2,1-2H3,(H,40,41)/t25-,26+,31?. The predicted molar refractivity (Wildman–Crippen MR) is 166 cm³/mol. The molecule has 0 radical (unpaired) electrons. The van der Waals surface area contributed by atoms with Crippen molar-refractivity contribution in [3.63, 3.8) is 0 Å². The van der Waals surface area contributed by atoms with Crippen LogP contribution < -0.4 is 9.64 Å². The van der Waals surface area contributed by atoms with E-state index in [-0.39, 0.29) is 29.6 Å². The number of nitriles is 1. The van der Waals surface area contributed by atoms with Crippen LogP contribution in [-0.4, -0.2) is 53.0 Å². The maximum atomic E-state index is 13.1. The Hall–Kier alpha value is -3.90. The molecule has 2 bridgehead atoms. The Morgan fingerprint density at radius 1 is 1.07 bits per heavy atom. The molecule has 9 heteroatoms. The van der Waals surface area contributed by atoms with Crippen LogP contribution in [0.3, 0.4) is 0 Å². The molecule has 8 nitrogen and oxygen atoms in total. The van der Waals surface area contributed by atoms with Crippen LogP contribution in [0, 0.1) is 48.9 Å². The Morgan fingerprint density at radius 2 is 1.81 bits per heavy atom. The summed E-state index contributed by atoms with van der Waals surface area (Å²) in [5.41, 5.74) is 5.59. The first-order chi connectivity index (χ1) is 20.8. The van der Waals surface area contributed by atoms with E-state index in [9.17, 15) is 14.7 Å². The van der Waals surface area contributed by atoms with Crippen molar-refractivity contribution in [1.29, 1.82) is 5.26 Å². The Balaban J connectivity index is 1.14. The van der Waals surface area contributed by atoms with Crippen molar-refractivity contribution in [2.45, 2.75) is 52.6 Å². The summed E-state index contributed by atoms with van der Waals surface area (Å²) >= 11 is 1.61. The minimum Gasteiger partial charge on any atom is -0.488 e. The Bertz CT molecular complexity index is 1540. The number of rotatable bonds is 7. The molecule has 1 aliphatic carbocycles. The van der Waals surface area contributed by atoms with Crippen LogP contribution in [-0.2, 0) is 11.4 Å². The number of aromatic nitrogens is 1. The average Bonchev–Trinajstić information content (AvgIpc) is 3.50. The number of carboxylic acid groups (broad SMARTS) is 1. The molecule has 0 spiro atoms. The van der Waals surface area contributed by atoms with Crippen molar-refractivity contribution in [2.75, 3.05) is 31.1 Å². The highest BCUT2D eigenvalue weighted by molar-refractivity contribution is 7.14. The summed E-state index contributed by atoms with van der Waals surface area (Å²) < 4.78 is 6.37. The second-order valence-electron chi connectivity index (χ2n) is 12.4. The van der Waals surface area contributed by atoms with E-state index in [1.165, 1.54) is 0 Å². The lowest BCUT2D eigenvalue weighted by Gasteiger charge is -2.45. The number of nitrogens with zero attached hydrogens (tertiary/aromatic N) is 4. The number of aliphatic carboxylic acids is 1. The van der Waals surface area contributed by atoms with Gasteiger partial charge in [0.2, 0.25) is 0 Å². The van der Waals surface area contributed by atoms with Crippen LogP contribution in [0.1, 0.15) is 59.2 Å². The second kappa shape index (κ2) is 12.4. The molecule has 1 unspecified atom stereocenters. The van der Waals surface area contributed by atoms with E-state index in [2.05, 4.69) is 29.3 Å². The van der Waals surface area contributed by atoms with Gasteiger partial charge < -0.3 is 19.6 Å². The molecule has 2 aromatic carbocycles. The van der Waals surface area contributed by atoms with Crippen LogP contribution >= 0.6 is 11.3 Å². The third-order valence-corrected chi connectivity index (χ3v) is 10.4. The summed E-state index contributed by atoms with van der Waals surface area (Å²) in [7, 11) is 0. The lowest BCUT2D eigenvalue weighted by atomic mass is 9.69. The van der Waals surface area contributed by atoms with Crippen LogP contribution in [0.2, 0.25) is 0 Å². The fourth-order valence-corrected chi connectivity index (χ4v) is 7.89. The van der Waals surface area contributed by atoms with Gasteiger partial charge in [0.25, 0.3) is 5.91 Å². The van der Waals surface area contributed by atoms with Crippen molar-refractivity contribution in [2.24, 2.45) is 23.7 Å². The number of piperidine rings is 2. The van der Waals surface area contributed by atoms with Gasteiger partial charge in [-0.15, -0.1) is 11.3 Å². The molecule has 43 heavy (non-hydrogen) atoms. The lowest BCUT2D eigenvalue weighted by Crippen LogP contribution is -2.51. The van der Waals surface area contributed by atoms with E-state index < -0.39 is 5.97 Å². The number of benzene rings is 2. The number of fused-ring (bicyclic) bond motifs is 2. The zero-order valence-electron chi connectivity index (χ0n) is 24.8. The van der Waals surface area contributed by atoms with E-state index in [1.54, 1.807) is 11.3 Å². The normalized spacial score (nSPS) is 22.2. The summed E-state index contributed by atoms with van der Waals surface area (Å²) in [4.78, 5) is 34.1. The SMILES string of the molecule is Cc1ccc(OCc2ccc(C(=O)N3CCC(C#N)CC3)cc2C)c(-c2csc(N3C[C@H]4CCC[C@@H](C3)C4C(=O)O)n2)c1. The third kappa shape index (κ3) is 6.12. The summed E-state index contributed by atoms with van der Waals surface area (Å²) in [5.74, 6) is 0.283. The third-order valence-electron chi connectivity index (χ3n) is 9.47. The van der Waals surface area contributed by atoms with Gasteiger partial charge >= 0.3 is 5.97 Å². The summed E-state index contributed by atoms with van der Waals surface area (Å²) in [5, 5.41) is 22.0. The number of carbonyl (C=O) groups is 2. The van der Waals surface area contributed by atoms with Crippen molar-refractivity contribution in [1.82, 2.24) is 9.88 Å². The first kappa shape index (κ1) is 29.2. The van der Waals surface area contributed by atoms with Gasteiger partial charge in [0.15, 0.2) is 5.13 Å². The summed E-state index contributed by atoms with van der Waals surface area (Å²) in [6.07, 6.45) is 4.51. The zero-order chi connectivity index (χ0) is 30.1. The number of anilines is 1. The zero-order valence-corrected chi connectivity index (χ0v) is 25.6. The van der Waals surface area contributed by atoms with Crippen LogP contribution in [0.15, 0.2) is 41.8 Å². The van der Waals surface area contributed by atoms with Gasteiger partial charge in [-0.1, -0.05) is 24.1 Å². The molecule has 2 aliphatic heterocycles. The molecular weight excluding hydrogens is 560 g/mol. The van der Waals surface area contributed by atoms with Gasteiger partial charge in [0, 0.05) is 48.6 Å².